The summed E-state index contributed by atoms with van der Waals surface area (Å²) in [5.41, 5.74) is 0.695. The molecular formula is C14H13BrN2O3S. The van der Waals surface area contributed by atoms with Gasteiger partial charge in [0.05, 0.1) is 0 Å². The van der Waals surface area contributed by atoms with Crippen molar-refractivity contribution in [3.63, 3.8) is 0 Å². The van der Waals surface area contributed by atoms with Gasteiger partial charge in [0.25, 0.3) is 0 Å². The van der Waals surface area contributed by atoms with Gasteiger partial charge in [0.1, 0.15) is 5.25 Å². The Hall–Kier alpha value is -1.44. The van der Waals surface area contributed by atoms with Crippen LogP contribution < -0.4 is 10.0 Å². The first-order valence-electron chi connectivity index (χ1n) is 6.36. The number of halogens is 1. The second-order valence-corrected chi connectivity index (χ2v) is 7.86. The number of nitrogens with zero attached hydrogens (tertiary/aromatic N) is 1. The number of primary sulfonamides is 1. The van der Waals surface area contributed by atoms with Crippen LogP contribution in [-0.2, 0) is 14.8 Å². The Balaban J connectivity index is 1.97. The van der Waals surface area contributed by atoms with Crippen LogP contribution in [0.2, 0.25) is 0 Å². The van der Waals surface area contributed by atoms with Crippen molar-refractivity contribution < 1.29 is 13.2 Å². The van der Waals surface area contributed by atoms with Gasteiger partial charge in [0, 0.05) is 23.1 Å². The van der Waals surface area contributed by atoms with E-state index < -0.39 is 15.3 Å². The zero-order valence-corrected chi connectivity index (χ0v) is 13.4. The minimum absolute atomic E-state index is 0.0583. The number of rotatable bonds is 2. The standard InChI is InChI=1S/C14H13BrN2O3S/c15-11-3-1-10-6-12(4-2-9(10)5-11)17-8-13(7-14(17)18)21(16,19)20/h1-6,13H,7-8H2,(H2,16,19,20). The molecule has 7 heteroatoms. The molecule has 0 saturated carbocycles. The summed E-state index contributed by atoms with van der Waals surface area (Å²) < 4.78 is 23.8. The van der Waals surface area contributed by atoms with E-state index in [1.165, 1.54) is 4.90 Å². The molecular weight excluding hydrogens is 356 g/mol. The molecule has 1 aliphatic heterocycles. The molecule has 0 aliphatic carbocycles. The van der Waals surface area contributed by atoms with Crippen LogP contribution in [0.3, 0.4) is 0 Å². The zero-order valence-electron chi connectivity index (χ0n) is 11.0. The maximum absolute atomic E-state index is 12.0. The topological polar surface area (TPSA) is 80.5 Å². The van der Waals surface area contributed by atoms with Gasteiger partial charge in [-0.3, -0.25) is 4.79 Å². The smallest absolute Gasteiger partial charge is 0.228 e. The Morgan fingerprint density at radius 2 is 1.81 bits per heavy atom. The fourth-order valence-corrected chi connectivity index (χ4v) is 3.63. The maximum Gasteiger partial charge on any atom is 0.228 e. The van der Waals surface area contributed by atoms with Crippen molar-refractivity contribution in [3.8, 4) is 0 Å². The molecule has 21 heavy (non-hydrogen) atoms. The van der Waals surface area contributed by atoms with E-state index in [-0.39, 0.29) is 18.9 Å². The molecule has 0 bridgehead atoms. The molecule has 0 aromatic heterocycles. The Bertz CT molecular complexity index is 835. The van der Waals surface area contributed by atoms with Gasteiger partial charge >= 0.3 is 0 Å². The SMILES string of the molecule is NS(=O)(=O)C1CC(=O)N(c2ccc3cc(Br)ccc3c2)C1. The number of nitrogens with two attached hydrogens (primary N) is 1. The van der Waals surface area contributed by atoms with E-state index in [4.69, 9.17) is 5.14 Å². The van der Waals surface area contributed by atoms with Crippen molar-refractivity contribution in [3.05, 3.63) is 40.9 Å². The molecule has 5 nitrogen and oxygen atoms in total. The molecule has 2 aromatic rings. The number of carbonyl (C=O) groups excluding carboxylic acids is 1. The van der Waals surface area contributed by atoms with E-state index in [9.17, 15) is 13.2 Å². The second-order valence-electron chi connectivity index (χ2n) is 5.10. The van der Waals surface area contributed by atoms with Crippen LogP contribution >= 0.6 is 15.9 Å². The molecule has 1 unspecified atom stereocenters. The summed E-state index contributed by atoms with van der Waals surface area (Å²) in [6.07, 6.45) is -0.0583. The molecule has 0 spiro atoms. The average Bonchev–Trinajstić information content (AvgIpc) is 2.80. The van der Waals surface area contributed by atoms with E-state index in [2.05, 4.69) is 15.9 Å². The Kier molecular flexibility index (Phi) is 3.51. The molecule has 2 aromatic carbocycles. The molecule has 1 heterocycles. The van der Waals surface area contributed by atoms with Crippen LogP contribution in [0.4, 0.5) is 5.69 Å². The third-order valence-electron chi connectivity index (χ3n) is 3.65. The Labute approximate surface area is 130 Å². The molecule has 1 saturated heterocycles. The monoisotopic (exact) mass is 368 g/mol. The fourth-order valence-electron chi connectivity index (χ4n) is 2.52. The van der Waals surface area contributed by atoms with Gasteiger partial charge in [-0.2, -0.15) is 0 Å². The molecule has 3 rings (SSSR count). The number of hydrogen-bond donors (Lipinski definition) is 1. The summed E-state index contributed by atoms with van der Waals surface area (Å²) in [4.78, 5) is 13.5. The Morgan fingerprint density at radius 3 is 2.48 bits per heavy atom. The van der Waals surface area contributed by atoms with Crippen molar-refractivity contribution in [1.82, 2.24) is 0 Å². The summed E-state index contributed by atoms with van der Waals surface area (Å²) in [6, 6.07) is 11.5. The summed E-state index contributed by atoms with van der Waals surface area (Å²) in [6.45, 7) is 0.111. The highest BCUT2D eigenvalue weighted by Gasteiger charge is 2.37. The predicted octanol–water partition coefficient (Wildman–Crippen LogP) is 2.00. The van der Waals surface area contributed by atoms with Crippen LogP contribution in [-0.4, -0.2) is 26.1 Å². The number of fused-ring (bicyclic) bond motifs is 1. The van der Waals surface area contributed by atoms with Crippen molar-refractivity contribution in [2.75, 3.05) is 11.4 Å². The highest BCUT2D eigenvalue weighted by Crippen LogP contribution is 2.28. The number of anilines is 1. The quantitative estimate of drug-likeness (QED) is 0.879. The summed E-state index contributed by atoms with van der Waals surface area (Å²) in [5, 5.41) is 6.34. The van der Waals surface area contributed by atoms with Gasteiger partial charge in [-0.15, -0.1) is 0 Å². The number of sulfonamides is 1. The van der Waals surface area contributed by atoms with E-state index in [0.717, 1.165) is 15.2 Å². The fraction of sp³-hybridized carbons (Fsp3) is 0.214. The van der Waals surface area contributed by atoms with Crippen molar-refractivity contribution >= 4 is 48.3 Å². The van der Waals surface area contributed by atoms with Gasteiger partial charge in [-0.25, -0.2) is 13.6 Å². The van der Waals surface area contributed by atoms with E-state index in [1.807, 2.05) is 36.4 Å². The normalized spacial score (nSPS) is 19.4. The van der Waals surface area contributed by atoms with E-state index in [0.29, 0.717) is 5.69 Å². The van der Waals surface area contributed by atoms with Gasteiger partial charge in [0.2, 0.25) is 15.9 Å². The lowest BCUT2D eigenvalue weighted by molar-refractivity contribution is -0.117. The lowest BCUT2D eigenvalue weighted by atomic mass is 10.1. The third kappa shape index (κ3) is 2.81. The second kappa shape index (κ2) is 5.08. The van der Waals surface area contributed by atoms with Gasteiger partial charge in [-0.05, 0) is 35.0 Å². The molecule has 2 N–H and O–H groups in total. The number of amides is 1. The Morgan fingerprint density at radius 1 is 1.14 bits per heavy atom. The lowest BCUT2D eigenvalue weighted by Gasteiger charge is -2.17. The molecule has 1 amide bonds. The van der Waals surface area contributed by atoms with Gasteiger partial charge in [0.15, 0.2) is 0 Å². The molecule has 1 aliphatic rings. The van der Waals surface area contributed by atoms with E-state index >= 15 is 0 Å². The molecule has 1 fully saturated rings. The van der Waals surface area contributed by atoms with Crippen LogP contribution in [0.15, 0.2) is 40.9 Å². The van der Waals surface area contributed by atoms with Crippen LogP contribution in [0.25, 0.3) is 10.8 Å². The molecule has 110 valence electrons. The highest BCUT2D eigenvalue weighted by atomic mass is 79.9. The molecule has 1 atom stereocenters. The van der Waals surface area contributed by atoms with Crippen LogP contribution in [0.1, 0.15) is 6.42 Å². The van der Waals surface area contributed by atoms with Crippen molar-refractivity contribution in [1.29, 1.82) is 0 Å². The first-order valence-corrected chi connectivity index (χ1v) is 8.76. The van der Waals surface area contributed by atoms with E-state index in [1.54, 1.807) is 0 Å². The predicted molar refractivity (Wildman–Crippen MR) is 85.5 cm³/mol. The number of hydrogen-bond acceptors (Lipinski definition) is 3. The van der Waals surface area contributed by atoms with Crippen LogP contribution in [0.5, 0.6) is 0 Å². The summed E-state index contributed by atoms with van der Waals surface area (Å²) in [5.74, 6) is -0.217. The van der Waals surface area contributed by atoms with Gasteiger partial charge in [-0.1, -0.05) is 28.1 Å². The first-order chi connectivity index (χ1) is 9.84. The summed E-state index contributed by atoms with van der Waals surface area (Å²) >= 11 is 3.41. The number of carbonyl (C=O) groups is 1. The highest BCUT2D eigenvalue weighted by molar-refractivity contribution is 9.10. The molecule has 0 radical (unpaired) electrons. The maximum atomic E-state index is 12.0. The largest absolute Gasteiger partial charge is 0.311 e. The minimum Gasteiger partial charge on any atom is -0.311 e. The third-order valence-corrected chi connectivity index (χ3v) is 5.39. The minimum atomic E-state index is -3.69. The van der Waals surface area contributed by atoms with Crippen molar-refractivity contribution in [2.24, 2.45) is 5.14 Å². The van der Waals surface area contributed by atoms with Crippen LogP contribution in [0, 0.1) is 0 Å². The first kappa shape index (κ1) is 14.5. The van der Waals surface area contributed by atoms with Gasteiger partial charge < -0.3 is 4.90 Å². The zero-order chi connectivity index (χ0) is 15.2. The number of benzene rings is 2. The summed E-state index contributed by atoms with van der Waals surface area (Å²) in [7, 11) is -3.69. The van der Waals surface area contributed by atoms with Crippen molar-refractivity contribution in [2.45, 2.75) is 11.7 Å². The lowest BCUT2D eigenvalue weighted by Crippen LogP contribution is -2.32. The average molecular weight is 369 g/mol.